The topological polar surface area (TPSA) is 94.8 Å². The monoisotopic (exact) mass is 666 g/mol. The number of benzene rings is 2. The molecule has 2 aliphatic rings. The summed E-state index contributed by atoms with van der Waals surface area (Å²) in [5.74, 6) is -4.97. The molecule has 4 aromatic rings. The molecular weight excluding hydrogens is 633 g/mol. The van der Waals surface area contributed by atoms with E-state index >= 15 is 8.78 Å². The van der Waals surface area contributed by atoms with Gasteiger partial charge < -0.3 is 19.8 Å². The first-order valence-corrected chi connectivity index (χ1v) is 15.7. The highest BCUT2D eigenvalue weighted by atomic mass is 35.5. The number of phenolic OH excluding ortho intramolecular Hbond substituents is 1. The Kier molecular flexibility index (Phi) is 8.19. The highest BCUT2D eigenvalue weighted by Crippen LogP contribution is 2.50. The molecule has 0 aliphatic carbocycles. The summed E-state index contributed by atoms with van der Waals surface area (Å²) in [6, 6.07) is 2.71. The first-order valence-electron chi connectivity index (χ1n) is 15.3. The van der Waals surface area contributed by atoms with Gasteiger partial charge in [-0.15, -0.1) is 0 Å². The fraction of sp³-hybridized carbons (Fsp3) is 0.353. The van der Waals surface area contributed by atoms with Gasteiger partial charge in [0.1, 0.15) is 17.1 Å². The lowest BCUT2D eigenvalue weighted by Crippen LogP contribution is -2.60. The van der Waals surface area contributed by atoms with Crippen molar-refractivity contribution in [1.82, 2.24) is 19.4 Å². The van der Waals surface area contributed by atoms with Crippen LogP contribution in [0, 0.1) is 24.4 Å². The van der Waals surface area contributed by atoms with Gasteiger partial charge in [0.25, 0.3) is 0 Å². The van der Waals surface area contributed by atoms with Crippen LogP contribution in [0.1, 0.15) is 44.4 Å². The molecule has 0 saturated carbocycles. The summed E-state index contributed by atoms with van der Waals surface area (Å²) in [5, 5.41) is 10.7. The Morgan fingerprint density at radius 3 is 2.53 bits per heavy atom. The quantitative estimate of drug-likeness (QED) is 0.264. The second-order valence-electron chi connectivity index (χ2n) is 12.5. The van der Waals surface area contributed by atoms with Gasteiger partial charge in [0, 0.05) is 50.5 Å². The van der Waals surface area contributed by atoms with Gasteiger partial charge in [-0.05, 0) is 56.0 Å². The Morgan fingerprint density at radius 1 is 1.13 bits per heavy atom. The Hall–Kier alpha value is -4.58. The SMILES string of the molecule is C=CC(=O)N1CC2CCN(C)c3c(Cl)c(-c4c(O)ccc(F)c4F)c(F)c4c3c(nc(=O)n4-c3c(C)ccnc3C(C)C)N2CC1C. The molecule has 9 nitrogen and oxygen atoms in total. The van der Waals surface area contributed by atoms with E-state index in [1.807, 2.05) is 25.7 Å². The molecule has 1 N–H and O–H groups in total. The van der Waals surface area contributed by atoms with E-state index in [0.29, 0.717) is 36.5 Å². The molecule has 4 heterocycles. The summed E-state index contributed by atoms with van der Waals surface area (Å²) in [6.45, 7) is 11.9. The normalized spacial score (nSPS) is 18.0. The van der Waals surface area contributed by atoms with Crippen molar-refractivity contribution in [1.29, 1.82) is 0 Å². The van der Waals surface area contributed by atoms with Crippen LogP contribution in [0.5, 0.6) is 5.75 Å². The van der Waals surface area contributed by atoms with E-state index in [1.165, 1.54) is 6.08 Å². The number of carbonyl (C=O) groups is 1. The second kappa shape index (κ2) is 11.9. The third kappa shape index (κ3) is 5.00. The van der Waals surface area contributed by atoms with Gasteiger partial charge in [-0.1, -0.05) is 32.0 Å². The van der Waals surface area contributed by atoms with Crippen LogP contribution in [0.4, 0.5) is 24.7 Å². The number of pyridine rings is 1. The molecule has 2 unspecified atom stereocenters. The lowest BCUT2D eigenvalue weighted by Gasteiger charge is -2.47. The number of hydrogen-bond acceptors (Lipinski definition) is 7. The number of hydrogen-bond donors (Lipinski definition) is 1. The number of rotatable bonds is 4. The summed E-state index contributed by atoms with van der Waals surface area (Å²) in [6.07, 6.45) is 3.33. The number of amides is 1. The third-order valence-electron chi connectivity index (χ3n) is 9.17. The van der Waals surface area contributed by atoms with E-state index in [4.69, 9.17) is 11.6 Å². The van der Waals surface area contributed by atoms with Gasteiger partial charge in [0.15, 0.2) is 17.5 Å². The number of aryl methyl sites for hydroxylation is 1. The van der Waals surface area contributed by atoms with E-state index in [-0.39, 0.29) is 57.9 Å². The second-order valence-corrected chi connectivity index (χ2v) is 12.8. The van der Waals surface area contributed by atoms with Crippen LogP contribution in [-0.2, 0) is 4.79 Å². The zero-order chi connectivity index (χ0) is 34.1. The van der Waals surface area contributed by atoms with Gasteiger partial charge in [-0.3, -0.25) is 14.3 Å². The smallest absolute Gasteiger partial charge is 0.354 e. The molecule has 0 bridgehead atoms. The summed E-state index contributed by atoms with van der Waals surface area (Å²) in [4.78, 5) is 41.5. The van der Waals surface area contributed by atoms with E-state index in [9.17, 15) is 19.1 Å². The predicted octanol–water partition coefficient (Wildman–Crippen LogP) is 6.09. The number of piperazine rings is 1. The zero-order valence-corrected chi connectivity index (χ0v) is 27.4. The molecule has 1 fully saturated rings. The summed E-state index contributed by atoms with van der Waals surface area (Å²) >= 11 is 7.00. The number of phenols is 1. The Balaban J connectivity index is 1.81. The molecule has 1 saturated heterocycles. The third-order valence-corrected chi connectivity index (χ3v) is 9.53. The van der Waals surface area contributed by atoms with Crippen molar-refractivity contribution >= 4 is 39.9 Å². The molecule has 2 aromatic heterocycles. The van der Waals surface area contributed by atoms with Crippen molar-refractivity contribution in [2.45, 2.75) is 52.1 Å². The highest BCUT2D eigenvalue weighted by molar-refractivity contribution is 6.38. The molecule has 47 heavy (non-hydrogen) atoms. The lowest BCUT2D eigenvalue weighted by molar-refractivity contribution is -0.128. The number of aromatic nitrogens is 3. The average molecular weight is 667 g/mol. The molecule has 2 aromatic carbocycles. The molecule has 1 amide bonds. The first-order chi connectivity index (χ1) is 22.3. The maximum absolute atomic E-state index is 17.5. The summed E-state index contributed by atoms with van der Waals surface area (Å²) < 4.78 is 48.8. The number of carbonyl (C=O) groups excluding carboxylic acids is 1. The maximum Gasteiger partial charge on any atom is 0.354 e. The van der Waals surface area contributed by atoms with Crippen molar-refractivity contribution in [3.05, 3.63) is 81.3 Å². The zero-order valence-electron chi connectivity index (χ0n) is 26.6. The van der Waals surface area contributed by atoms with E-state index in [2.05, 4.69) is 16.5 Å². The minimum absolute atomic E-state index is 0.147. The fourth-order valence-electron chi connectivity index (χ4n) is 6.86. The minimum Gasteiger partial charge on any atom is -0.507 e. The van der Waals surface area contributed by atoms with Gasteiger partial charge in [-0.2, -0.15) is 4.98 Å². The van der Waals surface area contributed by atoms with E-state index in [1.54, 1.807) is 36.0 Å². The fourth-order valence-corrected chi connectivity index (χ4v) is 7.27. The molecular formula is C34H34ClF3N6O3. The summed E-state index contributed by atoms with van der Waals surface area (Å²) in [5.41, 5.74) is -0.864. The minimum atomic E-state index is -1.49. The average Bonchev–Trinajstić information content (AvgIpc) is 3.02. The van der Waals surface area contributed by atoms with Crippen molar-refractivity contribution in [3.63, 3.8) is 0 Å². The maximum atomic E-state index is 17.5. The first kappa shape index (κ1) is 32.4. The predicted molar refractivity (Wildman–Crippen MR) is 176 cm³/mol. The largest absolute Gasteiger partial charge is 0.507 e. The number of aromatic hydroxyl groups is 1. The van der Waals surface area contributed by atoms with Crippen LogP contribution in [0.2, 0.25) is 5.02 Å². The lowest BCUT2D eigenvalue weighted by atomic mass is 9.95. The van der Waals surface area contributed by atoms with Crippen molar-refractivity contribution in [3.8, 4) is 22.6 Å². The molecule has 2 aliphatic heterocycles. The Morgan fingerprint density at radius 2 is 1.85 bits per heavy atom. The van der Waals surface area contributed by atoms with Crippen molar-refractivity contribution in [2.75, 3.05) is 36.5 Å². The molecule has 0 spiro atoms. The van der Waals surface area contributed by atoms with Crippen LogP contribution >= 0.6 is 11.6 Å². The standard InChI is InChI=1S/C34H34ClF3N6O3/c1-7-22(46)42-15-19-11-13-41(6)31-25-32(28(38)24(26(31)35)23-21(45)9-8-20(36)27(23)37)44(30-17(4)10-12-39-29(30)16(2)3)34(47)40-33(25)43(19)14-18(42)5/h7-10,12,16,18-19,45H,1,11,13-15H2,2-6H3. The molecule has 6 rings (SSSR count). The van der Waals surface area contributed by atoms with Crippen molar-refractivity contribution < 1.29 is 23.1 Å². The number of halogens is 4. The molecule has 0 radical (unpaired) electrons. The number of anilines is 2. The number of nitrogens with zero attached hydrogens (tertiary/aromatic N) is 6. The highest BCUT2D eigenvalue weighted by Gasteiger charge is 2.40. The van der Waals surface area contributed by atoms with E-state index in [0.717, 1.165) is 16.7 Å². The van der Waals surface area contributed by atoms with Crippen LogP contribution in [0.3, 0.4) is 0 Å². The number of fused-ring (bicyclic) bond motifs is 2. The van der Waals surface area contributed by atoms with Crippen LogP contribution in [0.15, 0.2) is 41.8 Å². The van der Waals surface area contributed by atoms with Crippen LogP contribution in [-0.4, -0.2) is 69.2 Å². The van der Waals surface area contributed by atoms with E-state index < -0.39 is 40.0 Å². The Labute approximate surface area is 274 Å². The molecule has 2 atom stereocenters. The van der Waals surface area contributed by atoms with Crippen molar-refractivity contribution in [2.24, 2.45) is 0 Å². The Bertz CT molecular complexity index is 2030. The van der Waals surface area contributed by atoms with Gasteiger partial charge in [0.2, 0.25) is 5.91 Å². The van der Waals surface area contributed by atoms with Crippen LogP contribution < -0.4 is 15.5 Å². The van der Waals surface area contributed by atoms with Gasteiger partial charge in [-0.25, -0.2) is 18.0 Å². The molecule has 246 valence electrons. The van der Waals surface area contributed by atoms with Crippen LogP contribution in [0.25, 0.3) is 27.7 Å². The van der Waals surface area contributed by atoms with Gasteiger partial charge >= 0.3 is 5.69 Å². The summed E-state index contributed by atoms with van der Waals surface area (Å²) in [7, 11) is 1.71. The molecule has 13 heteroatoms. The van der Waals surface area contributed by atoms with Gasteiger partial charge in [0.05, 0.1) is 33.0 Å².